The standard InChI is InChI=1S/C21H29N3O3/c1-25-17-10-11-18(19(12-17)26-2)21-22-20(27-23-21)14-24(13-15-8-9-15)16-6-4-3-5-7-16/h10-12,15-16H,3-9,13-14H2,1-2H3. The Morgan fingerprint density at radius 3 is 2.59 bits per heavy atom. The molecule has 0 spiro atoms. The predicted molar refractivity (Wildman–Crippen MR) is 103 cm³/mol. The van der Waals surface area contributed by atoms with Crippen molar-refractivity contribution in [3.8, 4) is 22.9 Å². The van der Waals surface area contributed by atoms with Crippen LogP contribution in [0.1, 0.15) is 50.8 Å². The molecule has 0 aliphatic heterocycles. The Balaban J connectivity index is 1.50. The van der Waals surface area contributed by atoms with Gasteiger partial charge in [0.2, 0.25) is 11.7 Å². The first-order valence-corrected chi connectivity index (χ1v) is 10.1. The fraction of sp³-hybridized carbons (Fsp3) is 0.619. The van der Waals surface area contributed by atoms with Crippen molar-refractivity contribution >= 4 is 0 Å². The molecule has 1 aromatic heterocycles. The monoisotopic (exact) mass is 371 g/mol. The molecule has 0 atom stereocenters. The van der Waals surface area contributed by atoms with Crippen molar-refractivity contribution in [3.05, 3.63) is 24.1 Å². The normalized spacial score (nSPS) is 18.0. The van der Waals surface area contributed by atoms with Crippen molar-refractivity contribution in [3.63, 3.8) is 0 Å². The fourth-order valence-corrected chi connectivity index (χ4v) is 4.01. The molecule has 1 aromatic carbocycles. The van der Waals surface area contributed by atoms with Crippen molar-refractivity contribution in [1.82, 2.24) is 15.0 Å². The van der Waals surface area contributed by atoms with Gasteiger partial charge >= 0.3 is 0 Å². The zero-order valence-corrected chi connectivity index (χ0v) is 16.3. The van der Waals surface area contributed by atoms with Crippen LogP contribution in [0.15, 0.2) is 22.7 Å². The molecule has 0 N–H and O–H groups in total. The lowest BCUT2D eigenvalue weighted by Gasteiger charge is -2.33. The average Bonchev–Trinajstić information content (AvgIpc) is 3.42. The van der Waals surface area contributed by atoms with Gasteiger partial charge in [0.1, 0.15) is 11.5 Å². The minimum Gasteiger partial charge on any atom is -0.497 e. The maximum Gasteiger partial charge on any atom is 0.241 e. The van der Waals surface area contributed by atoms with Crippen LogP contribution >= 0.6 is 0 Å². The lowest BCUT2D eigenvalue weighted by atomic mass is 9.94. The van der Waals surface area contributed by atoms with Crippen molar-refractivity contribution in [2.75, 3.05) is 20.8 Å². The van der Waals surface area contributed by atoms with E-state index in [-0.39, 0.29) is 0 Å². The van der Waals surface area contributed by atoms with Crippen LogP contribution < -0.4 is 9.47 Å². The van der Waals surface area contributed by atoms with E-state index in [9.17, 15) is 0 Å². The van der Waals surface area contributed by atoms with Gasteiger partial charge in [-0.3, -0.25) is 4.90 Å². The fourth-order valence-electron chi connectivity index (χ4n) is 4.01. The topological polar surface area (TPSA) is 60.6 Å². The molecule has 0 amide bonds. The summed E-state index contributed by atoms with van der Waals surface area (Å²) < 4.78 is 16.3. The molecule has 2 fully saturated rings. The zero-order chi connectivity index (χ0) is 18.6. The first-order valence-electron chi connectivity index (χ1n) is 10.1. The van der Waals surface area contributed by atoms with Crippen LogP contribution in [-0.4, -0.2) is 41.8 Å². The van der Waals surface area contributed by atoms with Crippen molar-refractivity contribution in [1.29, 1.82) is 0 Å². The van der Waals surface area contributed by atoms with E-state index in [1.807, 2.05) is 18.2 Å². The summed E-state index contributed by atoms with van der Waals surface area (Å²) in [5.41, 5.74) is 0.819. The largest absolute Gasteiger partial charge is 0.497 e. The highest BCUT2D eigenvalue weighted by Crippen LogP contribution is 2.34. The maximum absolute atomic E-state index is 5.61. The number of benzene rings is 1. The molecular weight excluding hydrogens is 342 g/mol. The Bertz CT molecular complexity index is 751. The van der Waals surface area contributed by atoms with Gasteiger partial charge in [0, 0.05) is 18.7 Å². The van der Waals surface area contributed by atoms with Crippen LogP contribution in [0.5, 0.6) is 11.5 Å². The van der Waals surface area contributed by atoms with E-state index in [0.29, 0.717) is 23.5 Å². The predicted octanol–water partition coefficient (Wildman–Crippen LogP) is 4.30. The first kappa shape index (κ1) is 18.3. The molecule has 2 aliphatic carbocycles. The second kappa shape index (κ2) is 8.30. The quantitative estimate of drug-likeness (QED) is 0.689. The van der Waals surface area contributed by atoms with E-state index in [2.05, 4.69) is 15.0 Å². The van der Waals surface area contributed by atoms with Gasteiger partial charge < -0.3 is 14.0 Å². The average molecular weight is 371 g/mol. The Kier molecular flexibility index (Phi) is 5.62. The number of rotatable bonds is 8. The zero-order valence-electron chi connectivity index (χ0n) is 16.3. The van der Waals surface area contributed by atoms with Gasteiger partial charge in [-0.1, -0.05) is 24.4 Å². The second-order valence-corrected chi connectivity index (χ2v) is 7.74. The highest BCUT2D eigenvalue weighted by molar-refractivity contribution is 5.65. The molecule has 146 valence electrons. The van der Waals surface area contributed by atoms with E-state index in [1.54, 1.807) is 14.2 Å². The molecule has 2 aliphatic rings. The van der Waals surface area contributed by atoms with E-state index in [1.165, 1.54) is 44.9 Å². The number of nitrogens with zero attached hydrogens (tertiary/aromatic N) is 3. The van der Waals surface area contributed by atoms with E-state index in [0.717, 1.165) is 30.3 Å². The van der Waals surface area contributed by atoms with Gasteiger partial charge in [0.05, 0.1) is 26.3 Å². The van der Waals surface area contributed by atoms with Crippen LogP contribution in [0, 0.1) is 5.92 Å². The number of hydrogen-bond acceptors (Lipinski definition) is 6. The Labute approximate surface area is 160 Å². The van der Waals surface area contributed by atoms with Gasteiger partial charge in [-0.2, -0.15) is 4.98 Å². The van der Waals surface area contributed by atoms with Crippen molar-refractivity contribution in [2.24, 2.45) is 5.92 Å². The lowest BCUT2D eigenvalue weighted by molar-refractivity contribution is 0.126. The number of aromatic nitrogens is 2. The van der Waals surface area contributed by atoms with Gasteiger partial charge in [-0.15, -0.1) is 0 Å². The summed E-state index contributed by atoms with van der Waals surface area (Å²) >= 11 is 0. The van der Waals surface area contributed by atoms with Crippen LogP contribution in [0.4, 0.5) is 0 Å². The Morgan fingerprint density at radius 2 is 1.89 bits per heavy atom. The summed E-state index contributed by atoms with van der Waals surface area (Å²) in [6, 6.07) is 6.29. The SMILES string of the molecule is COc1ccc(-c2noc(CN(CC3CC3)C3CCCCC3)n2)c(OC)c1. The molecule has 2 aromatic rings. The van der Waals surface area contributed by atoms with Gasteiger partial charge in [-0.05, 0) is 43.7 Å². The van der Waals surface area contributed by atoms with Crippen molar-refractivity contribution in [2.45, 2.75) is 57.5 Å². The number of hydrogen-bond donors (Lipinski definition) is 0. The van der Waals surface area contributed by atoms with E-state index in [4.69, 9.17) is 14.0 Å². The lowest BCUT2D eigenvalue weighted by Crippen LogP contribution is -2.37. The molecule has 0 unspecified atom stereocenters. The molecular formula is C21H29N3O3. The summed E-state index contributed by atoms with van der Waals surface area (Å²) in [6.45, 7) is 1.90. The molecule has 27 heavy (non-hydrogen) atoms. The van der Waals surface area contributed by atoms with Crippen molar-refractivity contribution < 1.29 is 14.0 Å². The molecule has 2 saturated carbocycles. The number of ether oxygens (including phenoxy) is 2. The molecule has 0 saturated heterocycles. The van der Waals surface area contributed by atoms with Crippen LogP contribution in [-0.2, 0) is 6.54 Å². The summed E-state index contributed by atoms with van der Waals surface area (Å²) in [5.74, 6) is 3.54. The van der Waals surface area contributed by atoms with Gasteiger partial charge in [-0.25, -0.2) is 0 Å². The minimum atomic E-state index is 0.569. The van der Waals surface area contributed by atoms with Crippen LogP contribution in [0.2, 0.25) is 0 Å². The highest BCUT2D eigenvalue weighted by atomic mass is 16.5. The first-order chi connectivity index (χ1) is 13.3. The van der Waals surface area contributed by atoms with Gasteiger partial charge in [0.15, 0.2) is 0 Å². The molecule has 0 radical (unpaired) electrons. The Morgan fingerprint density at radius 1 is 1.07 bits per heavy atom. The molecule has 1 heterocycles. The molecule has 6 nitrogen and oxygen atoms in total. The number of methoxy groups -OCH3 is 2. The van der Waals surface area contributed by atoms with Gasteiger partial charge in [0.25, 0.3) is 0 Å². The van der Waals surface area contributed by atoms with E-state index < -0.39 is 0 Å². The van der Waals surface area contributed by atoms with Crippen LogP contribution in [0.25, 0.3) is 11.4 Å². The summed E-state index contributed by atoms with van der Waals surface area (Å²) in [4.78, 5) is 7.25. The Hall–Kier alpha value is -2.08. The summed E-state index contributed by atoms with van der Waals surface area (Å²) in [6.07, 6.45) is 9.35. The summed E-state index contributed by atoms with van der Waals surface area (Å²) in [7, 11) is 3.28. The molecule has 6 heteroatoms. The second-order valence-electron chi connectivity index (χ2n) is 7.74. The smallest absolute Gasteiger partial charge is 0.241 e. The third kappa shape index (κ3) is 4.43. The van der Waals surface area contributed by atoms with E-state index >= 15 is 0 Å². The van der Waals surface area contributed by atoms with Crippen LogP contribution in [0.3, 0.4) is 0 Å². The third-order valence-corrected chi connectivity index (χ3v) is 5.74. The highest BCUT2D eigenvalue weighted by Gasteiger charge is 2.30. The molecule has 0 bridgehead atoms. The summed E-state index contributed by atoms with van der Waals surface area (Å²) in [5, 5.41) is 4.21. The maximum atomic E-state index is 5.61. The minimum absolute atomic E-state index is 0.569. The molecule has 4 rings (SSSR count). The third-order valence-electron chi connectivity index (χ3n) is 5.74.